The van der Waals surface area contributed by atoms with E-state index in [0.29, 0.717) is 6.61 Å². The van der Waals surface area contributed by atoms with Crippen molar-refractivity contribution in [3.63, 3.8) is 0 Å². The van der Waals surface area contributed by atoms with Crippen LogP contribution in [0.3, 0.4) is 0 Å². The van der Waals surface area contributed by atoms with Gasteiger partial charge in [-0.3, -0.25) is 0 Å². The van der Waals surface area contributed by atoms with Crippen LogP contribution in [0, 0.1) is 3.57 Å². The molecule has 0 aliphatic carbocycles. The zero-order chi connectivity index (χ0) is 11.3. The molecule has 0 fully saturated rings. The SMILES string of the molecule is CCNc1nc(COC)nc(CC)c1I. The molecule has 0 amide bonds. The first-order valence-corrected chi connectivity index (χ1v) is 6.08. The number of aryl methyl sites for hydroxylation is 1. The number of anilines is 1. The van der Waals surface area contributed by atoms with Crippen molar-refractivity contribution in [2.24, 2.45) is 0 Å². The highest BCUT2D eigenvalue weighted by molar-refractivity contribution is 14.1. The second-order valence-corrected chi connectivity index (χ2v) is 4.14. The Bertz CT molecular complexity index is 331. The second kappa shape index (κ2) is 6.22. The lowest BCUT2D eigenvalue weighted by Crippen LogP contribution is -2.09. The number of rotatable bonds is 5. The molecule has 0 unspecified atom stereocenters. The van der Waals surface area contributed by atoms with Crippen molar-refractivity contribution in [3.05, 3.63) is 15.1 Å². The van der Waals surface area contributed by atoms with E-state index in [0.717, 1.165) is 33.9 Å². The van der Waals surface area contributed by atoms with Gasteiger partial charge in [-0.1, -0.05) is 6.92 Å². The van der Waals surface area contributed by atoms with Gasteiger partial charge in [-0.05, 0) is 35.9 Å². The molecule has 0 bridgehead atoms. The number of aromatic nitrogens is 2. The monoisotopic (exact) mass is 321 g/mol. The van der Waals surface area contributed by atoms with E-state index < -0.39 is 0 Å². The molecule has 1 rings (SSSR count). The Kier molecular flexibility index (Phi) is 5.24. The average molecular weight is 321 g/mol. The standard InChI is InChI=1S/C10H16IN3O/c1-4-7-9(11)10(12-5-2)14-8(13-7)6-15-3/h4-6H2,1-3H3,(H,12,13,14). The van der Waals surface area contributed by atoms with E-state index in [1.54, 1.807) is 7.11 Å². The number of hydrogen-bond acceptors (Lipinski definition) is 4. The molecule has 1 heterocycles. The van der Waals surface area contributed by atoms with Crippen molar-refractivity contribution in [2.75, 3.05) is 19.0 Å². The number of nitrogens with zero attached hydrogens (tertiary/aromatic N) is 2. The van der Waals surface area contributed by atoms with Crippen LogP contribution in [0.1, 0.15) is 25.4 Å². The molecule has 0 aromatic carbocycles. The van der Waals surface area contributed by atoms with E-state index in [1.165, 1.54) is 0 Å². The van der Waals surface area contributed by atoms with E-state index >= 15 is 0 Å². The number of ether oxygens (including phenoxy) is 1. The van der Waals surface area contributed by atoms with Gasteiger partial charge in [-0.25, -0.2) is 9.97 Å². The summed E-state index contributed by atoms with van der Waals surface area (Å²) in [6.45, 7) is 5.47. The number of hydrogen-bond donors (Lipinski definition) is 1. The van der Waals surface area contributed by atoms with Crippen LogP contribution >= 0.6 is 22.6 Å². The van der Waals surface area contributed by atoms with Crippen molar-refractivity contribution in [1.82, 2.24) is 9.97 Å². The minimum atomic E-state index is 0.461. The quantitative estimate of drug-likeness (QED) is 0.845. The smallest absolute Gasteiger partial charge is 0.156 e. The Morgan fingerprint density at radius 1 is 1.33 bits per heavy atom. The van der Waals surface area contributed by atoms with Crippen LogP contribution in [0.2, 0.25) is 0 Å². The van der Waals surface area contributed by atoms with Gasteiger partial charge in [0, 0.05) is 13.7 Å². The summed E-state index contributed by atoms with van der Waals surface area (Å²) >= 11 is 2.28. The molecular weight excluding hydrogens is 305 g/mol. The predicted octanol–water partition coefficient (Wildman–Crippen LogP) is 2.22. The molecular formula is C10H16IN3O. The van der Waals surface area contributed by atoms with Crippen LogP contribution in [0.4, 0.5) is 5.82 Å². The molecule has 0 radical (unpaired) electrons. The van der Waals surface area contributed by atoms with E-state index in [4.69, 9.17) is 4.74 Å². The topological polar surface area (TPSA) is 47.0 Å². The van der Waals surface area contributed by atoms with Crippen LogP contribution in [0.15, 0.2) is 0 Å². The number of halogens is 1. The third-order valence-electron chi connectivity index (χ3n) is 1.92. The Labute approximate surface area is 104 Å². The Hall–Kier alpha value is -0.430. The van der Waals surface area contributed by atoms with Crippen LogP contribution in [-0.4, -0.2) is 23.6 Å². The molecule has 0 aliphatic heterocycles. The maximum Gasteiger partial charge on any atom is 0.156 e. The molecule has 4 nitrogen and oxygen atoms in total. The molecule has 0 saturated carbocycles. The summed E-state index contributed by atoms with van der Waals surface area (Å²) in [6.07, 6.45) is 0.913. The first-order valence-electron chi connectivity index (χ1n) is 5.01. The van der Waals surface area contributed by atoms with Gasteiger partial charge in [0.1, 0.15) is 12.4 Å². The Morgan fingerprint density at radius 2 is 2.07 bits per heavy atom. The van der Waals surface area contributed by atoms with Crippen LogP contribution < -0.4 is 5.32 Å². The summed E-state index contributed by atoms with van der Waals surface area (Å²) in [5, 5.41) is 3.24. The van der Waals surface area contributed by atoms with Gasteiger partial charge in [0.15, 0.2) is 5.82 Å². The molecule has 1 aromatic rings. The molecule has 0 spiro atoms. The molecule has 0 atom stereocenters. The maximum absolute atomic E-state index is 5.05. The molecule has 1 aromatic heterocycles. The van der Waals surface area contributed by atoms with Gasteiger partial charge < -0.3 is 10.1 Å². The van der Waals surface area contributed by atoms with Crippen molar-refractivity contribution >= 4 is 28.4 Å². The highest BCUT2D eigenvalue weighted by atomic mass is 127. The highest BCUT2D eigenvalue weighted by Gasteiger charge is 2.09. The predicted molar refractivity (Wildman–Crippen MR) is 69.0 cm³/mol. The first-order chi connectivity index (χ1) is 7.22. The van der Waals surface area contributed by atoms with Gasteiger partial charge in [0.25, 0.3) is 0 Å². The fourth-order valence-electron chi connectivity index (χ4n) is 1.26. The number of methoxy groups -OCH3 is 1. The van der Waals surface area contributed by atoms with Gasteiger partial charge in [0.05, 0.1) is 9.26 Å². The average Bonchev–Trinajstić information content (AvgIpc) is 2.23. The lowest BCUT2D eigenvalue weighted by Gasteiger charge is -2.10. The summed E-state index contributed by atoms with van der Waals surface area (Å²) in [7, 11) is 1.65. The van der Waals surface area contributed by atoms with Crippen LogP contribution in [-0.2, 0) is 17.8 Å². The molecule has 0 aliphatic rings. The van der Waals surface area contributed by atoms with Crippen LogP contribution in [0.25, 0.3) is 0 Å². The Balaban J connectivity index is 3.07. The van der Waals surface area contributed by atoms with Crippen molar-refractivity contribution in [1.29, 1.82) is 0 Å². The molecule has 1 N–H and O–H groups in total. The summed E-state index contributed by atoms with van der Waals surface area (Å²) in [6, 6.07) is 0. The molecule has 0 saturated heterocycles. The van der Waals surface area contributed by atoms with E-state index in [9.17, 15) is 0 Å². The lowest BCUT2D eigenvalue weighted by atomic mass is 10.3. The normalized spacial score (nSPS) is 10.4. The van der Waals surface area contributed by atoms with Crippen molar-refractivity contribution in [2.45, 2.75) is 26.9 Å². The zero-order valence-corrected chi connectivity index (χ0v) is 11.5. The lowest BCUT2D eigenvalue weighted by molar-refractivity contribution is 0.177. The highest BCUT2D eigenvalue weighted by Crippen LogP contribution is 2.19. The second-order valence-electron chi connectivity index (χ2n) is 3.07. The molecule has 84 valence electrons. The summed E-state index contributed by atoms with van der Waals surface area (Å²) < 4.78 is 6.15. The first kappa shape index (κ1) is 12.6. The third kappa shape index (κ3) is 3.27. The van der Waals surface area contributed by atoms with Crippen molar-refractivity contribution in [3.8, 4) is 0 Å². The largest absolute Gasteiger partial charge is 0.377 e. The fraction of sp³-hybridized carbons (Fsp3) is 0.600. The molecule has 15 heavy (non-hydrogen) atoms. The van der Waals surface area contributed by atoms with Gasteiger partial charge in [0.2, 0.25) is 0 Å². The third-order valence-corrected chi connectivity index (χ3v) is 3.05. The minimum Gasteiger partial charge on any atom is -0.377 e. The molecule has 5 heteroatoms. The summed E-state index contributed by atoms with van der Waals surface area (Å²) in [5.41, 5.74) is 1.08. The van der Waals surface area contributed by atoms with Gasteiger partial charge >= 0.3 is 0 Å². The fourth-order valence-corrected chi connectivity index (χ4v) is 2.07. The van der Waals surface area contributed by atoms with E-state index in [2.05, 4.69) is 51.7 Å². The van der Waals surface area contributed by atoms with Crippen LogP contribution in [0.5, 0.6) is 0 Å². The van der Waals surface area contributed by atoms with E-state index in [-0.39, 0.29) is 0 Å². The minimum absolute atomic E-state index is 0.461. The maximum atomic E-state index is 5.05. The summed E-state index contributed by atoms with van der Waals surface area (Å²) in [5.74, 6) is 1.66. The summed E-state index contributed by atoms with van der Waals surface area (Å²) in [4.78, 5) is 8.85. The van der Waals surface area contributed by atoms with Gasteiger partial charge in [-0.15, -0.1) is 0 Å². The van der Waals surface area contributed by atoms with E-state index in [1.807, 2.05) is 0 Å². The zero-order valence-electron chi connectivity index (χ0n) is 9.30. The van der Waals surface area contributed by atoms with Gasteiger partial charge in [-0.2, -0.15) is 0 Å². The number of nitrogens with one attached hydrogen (secondary N) is 1. The Morgan fingerprint density at radius 3 is 2.60 bits per heavy atom. The van der Waals surface area contributed by atoms with Crippen molar-refractivity contribution < 1.29 is 4.74 Å².